The molecule has 0 aromatic heterocycles. The van der Waals surface area contributed by atoms with Crippen molar-refractivity contribution in [2.45, 2.75) is 33.7 Å². The van der Waals surface area contributed by atoms with Gasteiger partial charge in [-0.25, -0.2) is 5.43 Å². The summed E-state index contributed by atoms with van der Waals surface area (Å²) in [5.74, 6) is -0.455. The van der Waals surface area contributed by atoms with E-state index in [0.717, 1.165) is 18.8 Å². The van der Waals surface area contributed by atoms with E-state index in [4.69, 9.17) is 27.9 Å². The topological polar surface area (TPSA) is 83.0 Å². The van der Waals surface area contributed by atoms with Gasteiger partial charge in [-0.15, -0.1) is 0 Å². The van der Waals surface area contributed by atoms with Gasteiger partial charge in [0.15, 0.2) is 0 Å². The van der Waals surface area contributed by atoms with Crippen molar-refractivity contribution in [3.63, 3.8) is 0 Å². The number of hydrogen-bond donors (Lipinski definition) is 2. The number of ether oxygens (including phenoxy) is 1. The third kappa shape index (κ3) is 7.11. The lowest BCUT2D eigenvalue weighted by atomic mass is 10.0. The van der Waals surface area contributed by atoms with Crippen LogP contribution in [0.5, 0.6) is 5.75 Å². The first kappa shape index (κ1) is 26.5. The Labute approximate surface area is 205 Å². The Morgan fingerprint density at radius 2 is 1.82 bits per heavy atom. The minimum Gasteiger partial charge on any atom is -0.496 e. The number of carbonyl (C=O) groups excluding carboxylic acids is 2. The molecule has 33 heavy (non-hydrogen) atoms. The van der Waals surface area contributed by atoms with Gasteiger partial charge in [0.05, 0.1) is 23.9 Å². The van der Waals surface area contributed by atoms with Gasteiger partial charge < -0.3 is 15.0 Å². The number of nitrogens with one attached hydrogen (secondary N) is 2. The molecule has 1 unspecified atom stereocenters. The fraction of sp³-hybridized carbons (Fsp3) is 0.375. The molecule has 0 spiro atoms. The molecule has 2 aromatic carbocycles. The number of hydrazone groups is 1. The van der Waals surface area contributed by atoms with Crippen LogP contribution in [0.1, 0.15) is 43.6 Å². The van der Waals surface area contributed by atoms with Gasteiger partial charge in [0.2, 0.25) is 0 Å². The average molecular weight is 493 g/mol. The summed E-state index contributed by atoms with van der Waals surface area (Å²) in [4.78, 5) is 27.6. The van der Waals surface area contributed by atoms with Crippen LogP contribution < -0.4 is 20.4 Å². The van der Waals surface area contributed by atoms with Crippen molar-refractivity contribution >= 4 is 46.9 Å². The molecule has 0 saturated carbocycles. The highest BCUT2D eigenvalue weighted by atomic mass is 35.5. The fourth-order valence-corrected chi connectivity index (χ4v) is 3.75. The van der Waals surface area contributed by atoms with E-state index >= 15 is 0 Å². The number of anilines is 1. The van der Waals surface area contributed by atoms with Crippen LogP contribution in [-0.4, -0.2) is 44.3 Å². The Morgan fingerprint density at radius 1 is 1.12 bits per heavy atom. The first-order valence-corrected chi connectivity index (χ1v) is 11.5. The van der Waals surface area contributed by atoms with Crippen molar-refractivity contribution in [2.24, 2.45) is 11.0 Å². The Bertz CT molecular complexity index is 1010. The molecule has 9 heteroatoms. The maximum Gasteiger partial charge on any atom is 0.262 e. The highest BCUT2D eigenvalue weighted by molar-refractivity contribution is 6.36. The Morgan fingerprint density at radius 3 is 2.39 bits per heavy atom. The van der Waals surface area contributed by atoms with Crippen LogP contribution in [-0.2, 0) is 4.79 Å². The minimum absolute atomic E-state index is 0.182. The van der Waals surface area contributed by atoms with Crippen LogP contribution in [0.4, 0.5) is 5.69 Å². The molecule has 7 nitrogen and oxygen atoms in total. The molecule has 2 N–H and O–H groups in total. The summed E-state index contributed by atoms with van der Waals surface area (Å²) in [6, 6.07) is 9.54. The molecule has 0 bridgehead atoms. The second kappa shape index (κ2) is 12.5. The van der Waals surface area contributed by atoms with E-state index in [1.165, 1.54) is 18.3 Å². The van der Waals surface area contributed by atoms with E-state index in [0.29, 0.717) is 16.3 Å². The zero-order valence-electron chi connectivity index (χ0n) is 19.5. The normalized spacial score (nSPS) is 12.0. The van der Waals surface area contributed by atoms with Crippen molar-refractivity contribution in [3.8, 4) is 5.75 Å². The zero-order valence-corrected chi connectivity index (χ0v) is 21.0. The van der Waals surface area contributed by atoms with Crippen LogP contribution in [0.15, 0.2) is 41.5 Å². The summed E-state index contributed by atoms with van der Waals surface area (Å²) in [7, 11) is 1.59. The van der Waals surface area contributed by atoms with Crippen LogP contribution >= 0.6 is 23.2 Å². The van der Waals surface area contributed by atoms with Gasteiger partial charge in [-0.3, -0.25) is 9.59 Å². The monoisotopic (exact) mass is 492 g/mol. The highest BCUT2D eigenvalue weighted by Gasteiger charge is 2.25. The van der Waals surface area contributed by atoms with E-state index in [2.05, 4.69) is 34.6 Å². The predicted molar refractivity (Wildman–Crippen MR) is 135 cm³/mol. The zero-order chi connectivity index (χ0) is 24.5. The summed E-state index contributed by atoms with van der Waals surface area (Å²) in [6.45, 7) is 9.59. The standard InChI is InChI=1S/C24H30Cl2N4O3/c1-6-30(7-2)18-10-8-16(21(13-18)33-5)14-27-29-24(32)22(15(3)4)28-23(31)19-11-9-17(25)12-20(19)26/h8-15,22H,6-7H2,1-5H3,(H,28,31)(H,29,32). The van der Waals surface area contributed by atoms with Gasteiger partial charge in [-0.1, -0.05) is 37.0 Å². The van der Waals surface area contributed by atoms with E-state index in [1.807, 2.05) is 32.0 Å². The first-order valence-electron chi connectivity index (χ1n) is 10.7. The van der Waals surface area contributed by atoms with Crippen molar-refractivity contribution in [1.29, 1.82) is 0 Å². The molecule has 2 aromatic rings. The average Bonchev–Trinajstić information content (AvgIpc) is 2.78. The molecule has 0 saturated heterocycles. The van der Waals surface area contributed by atoms with Crippen LogP contribution in [0.2, 0.25) is 10.0 Å². The number of benzene rings is 2. The Kier molecular flexibility index (Phi) is 10.0. The van der Waals surface area contributed by atoms with Gasteiger partial charge >= 0.3 is 0 Å². The molecular weight excluding hydrogens is 463 g/mol. The summed E-state index contributed by atoms with van der Waals surface area (Å²) < 4.78 is 5.48. The molecule has 178 valence electrons. The smallest absolute Gasteiger partial charge is 0.262 e. The molecule has 2 rings (SSSR count). The summed E-state index contributed by atoms with van der Waals surface area (Å²) >= 11 is 12.0. The second-order valence-corrected chi connectivity index (χ2v) is 8.50. The van der Waals surface area contributed by atoms with E-state index < -0.39 is 17.9 Å². The fourth-order valence-electron chi connectivity index (χ4n) is 3.25. The summed E-state index contributed by atoms with van der Waals surface area (Å²) in [5, 5.41) is 7.41. The number of rotatable bonds is 10. The SMILES string of the molecule is CCN(CC)c1ccc(C=NNC(=O)C(NC(=O)c2ccc(Cl)cc2Cl)C(C)C)c(OC)c1. The molecule has 0 aliphatic heterocycles. The van der Waals surface area contributed by atoms with Crippen LogP contribution in [0.3, 0.4) is 0 Å². The van der Waals surface area contributed by atoms with Gasteiger partial charge in [0.1, 0.15) is 11.8 Å². The maximum absolute atomic E-state index is 12.7. The number of amides is 2. The third-order valence-corrected chi connectivity index (χ3v) is 5.68. The number of hydrogen-bond acceptors (Lipinski definition) is 5. The van der Waals surface area contributed by atoms with Crippen LogP contribution in [0, 0.1) is 5.92 Å². The summed E-state index contributed by atoms with van der Waals surface area (Å²) in [5.41, 5.74) is 4.49. The maximum atomic E-state index is 12.7. The minimum atomic E-state index is -0.812. The molecule has 0 fully saturated rings. The van der Waals surface area contributed by atoms with Crippen molar-refractivity contribution < 1.29 is 14.3 Å². The lowest BCUT2D eigenvalue weighted by Crippen LogP contribution is -2.48. The van der Waals surface area contributed by atoms with E-state index in [-0.39, 0.29) is 16.5 Å². The number of carbonyl (C=O) groups is 2. The molecule has 0 aliphatic rings. The van der Waals surface area contributed by atoms with Crippen LogP contribution in [0.25, 0.3) is 0 Å². The molecule has 2 amide bonds. The quantitative estimate of drug-likeness (QED) is 0.370. The summed E-state index contributed by atoms with van der Waals surface area (Å²) in [6.07, 6.45) is 1.51. The predicted octanol–water partition coefficient (Wildman–Crippen LogP) is 4.75. The third-order valence-electron chi connectivity index (χ3n) is 5.14. The lowest BCUT2D eigenvalue weighted by molar-refractivity contribution is -0.123. The Balaban J connectivity index is 2.11. The number of methoxy groups -OCH3 is 1. The van der Waals surface area contributed by atoms with Crippen molar-refractivity contribution in [3.05, 3.63) is 57.6 Å². The van der Waals surface area contributed by atoms with Gasteiger partial charge in [0, 0.05) is 35.4 Å². The highest BCUT2D eigenvalue weighted by Crippen LogP contribution is 2.25. The van der Waals surface area contributed by atoms with Gasteiger partial charge in [0.25, 0.3) is 11.8 Å². The molecule has 1 atom stereocenters. The van der Waals surface area contributed by atoms with Crippen molar-refractivity contribution in [2.75, 3.05) is 25.1 Å². The lowest BCUT2D eigenvalue weighted by Gasteiger charge is -2.22. The largest absolute Gasteiger partial charge is 0.496 e. The molecule has 0 heterocycles. The van der Waals surface area contributed by atoms with E-state index in [9.17, 15) is 9.59 Å². The molecule has 0 radical (unpaired) electrons. The van der Waals surface area contributed by atoms with Crippen molar-refractivity contribution in [1.82, 2.24) is 10.7 Å². The molecule has 0 aliphatic carbocycles. The first-order chi connectivity index (χ1) is 15.7. The Hall–Kier alpha value is -2.77. The van der Waals surface area contributed by atoms with Gasteiger partial charge in [-0.05, 0) is 50.1 Å². The second-order valence-electron chi connectivity index (χ2n) is 7.65. The van der Waals surface area contributed by atoms with Gasteiger partial charge in [-0.2, -0.15) is 5.10 Å². The number of halogens is 2. The number of nitrogens with zero attached hydrogens (tertiary/aromatic N) is 2. The molecular formula is C24H30Cl2N4O3. The van der Waals surface area contributed by atoms with E-state index in [1.54, 1.807) is 13.2 Å².